The number of fused-ring (bicyclic) bond motifs is 3. The molecule has 2 aromatic heterocycles. The summed E-state index contributed by atoms with van der Waals surface area (Å²) in [6, 6.07) is 46.7. The molecule has 2 heterocycles. The van der Waals surface area contributed by atoms with E-state index in [-0.39, 0.29) is 0 Å². The van der Waals surface area contributed by atoms with Crippen LogP contribution in [0.3, 0.4) is 0 Å². The summed E-state index contributed by atoms with van der Waals surface area (Å²) in [5.74, 6) is 0.728. The number of hydrogen-bond acceptors (Lipinski definition) is 3. The lowest BCUT2D eigenvalue weighted by atomic mass is 10.0. The van der Waals surface area contributed by atoms with E-state index < -0.39 is 0 Å². The summed E-state index contributed by atoms with van der Waals surface area (Å²) in [6.07, 6.45) is 0. The summed E-state index contributed by atoms with van der Waals surface area (Å²) in [4.78, 5) is 9.92. The standard InChI is InChI=1S/C34H22N2S/c1-3-9-24(10-4-1)30-22-31(25-11-5-2-6-12-25)36-34(35-30)26-17-15-23(16-18-26)27-19-20-33-29(21-27)28-13-7-8-14-32(28)37-33/h1-22H. The highest BCUT2D eigenvalue weighted by Crippen LogP contribution is 2.36. The third kappa shape index (κ3) is 4.10. The second-order valence-electron chi connectivity index (χ2n) is 9.08. The summed E-state index contributed by atoms with van der Waals surface area (Å²) in [7, 11) is 0. The fraction of sp³-hybridized carbons (Fsp3) is 0. The van der Waals surface area contributed by atoms with Crippen molar-refractivity contribution in [3.8, 4) is 45.0 Å². The fourth-order valence-corrected chi connectivity index (χ4v) is 5.89. The summed E-state index contributed by atoms with van der Waals surface area (Å²) < 4.78 is 2.65. The normalized spacial score (nSPS) is 11.2. The van der Waals surface area contributed by atoms with Gasteiger partial charge in [-0.05, 0) is 35.4 Å². The molecule has 2 nitrogen and oxygen atoms in total. The molecule has 0 unspecified atom stereocenters. The van der Waals surface area contributed by atoms with E-state index in [4.69, 9.17) is 9.97 Å². The van der Waals surface area contributed by atoms with Crippen molar-refractivity contribution in [1.29, 1.82) is 0 Å². The van der Waals surface area contributed by atoms with E-state index in [2.05, 4.69) is 97.1 Å². The van der Waals surface area contributed by atoms with Crippen molar-refractivity contribution in [3.05, 3.63) is 133 Å². The van der Waals surface area contributed by atoms with Crippen LogP contribution in [0.25, 0.3) is 65.2 Å². The number of hydrogen-bond donors (Lipinski definition) is 0. The predicted molar refractivity (Wildman–Crippen MR) is 157 cm³/mol. The number of thiophene rings is 1. The first kappa shape index (κ1) is 21.7. The highest BCUT2D eigenvalue weighted by molar-refractivity contribution is 7.25. The zero-order valence-electron chi connectivity index (χ0n) is 20.0. The van der Waals surface area contributed by atoms with Gasteiger partial charge in [0.05, 0.1) is 11.4 Å². The van der Waals surface area contributed by atoms with Gasteiger partial charge in [-0.1, -0.05) is 109 Å². The van der Waals surface area contributed by atoms with Gasteiger partial charge in [0.2, 0.25) is 0 Å². The fourth-order valence-electron chi connectivity index (χ4n) is 4.81. The molecule has 37 heavy (non-hydrogen) atoms. The average Bonchev–Trinajstić information content (AvgIpc) is 3.36. The average molecular weight is 491 g/mol. The Hall–Kier alpha value is -4.60. The third-order valence-electron chi connectivity index (χ3n) is 6.72. The van der Waals surface area contributed by atoms with Crippen LogP contribution in [0.4, 0.5) is 0 Å². The van der Waals surface area contributed by atoms with Crippen LogP contribution < -0.4 is 0 Å². The molecule has 0 fully saturated rings. The molecule has 174 valence electrons. The Morgan fingerprint density at radius 3 is 1.59 bits per heavy atom. The van der Waals surface area contributed by atoms with E-state index in [1.807, 2.05) is 47.7 Å². The Morgan fingerprint density at radius 2 is 0.919 bits per heavy atom. The lowest BCUT2D eigenvalue weighted by Crippen LogP contribution is -1.95. The number of nitrogens with zero attached hydrogens (tertiary/aromatic N) is 2. The van der Waals surface area contributed by atoms with Crippen molar-refractivity contribution in [2.75, 3.05) is 0 Å². The molecule has 7 aromatic rings. The second kappa shape index (κ2) is 9.12. The molecule has 0 N–H and O–H groups in total. The van der Waals surface area contributed by atoms with Crippen molar-refractivity contribution < 1.29 is 0 Å². The van der Waals surface area contributed by atoms with Crippen LogP contribution in [0.2, 0.25) is 0 Å². The SMILES string of the molecule is c1ccc(-c2cc(-c3ccccc3)nc(-c3ccc(-c4ccc5sc6ccccc6c5c4)cc3)n2)cc1. The van der Waals surface area contributed by atoms with Gasteiger partial charge in [0.15, 0.2) is 5.82 Å². The highest BCUT2D eigenvalue weighted by atomic mass is 32.1. The summed E-state index contributed by atoms with van der Waals surface area (Å²) in [5.41, 5.74) is 7.40. The number of aromatic nitrogens is 2. The van der Waals surface area contributed by atoms with Crippen molar-refractivity contribution in [1.82, 2.24) is 9.97 Å². The van der Waals surface area contributed by atoms with Crippen molar-refractivity contribution in [2.45, 2.75) is 0 Å². The van der Waals surface area contributed by atoms with Gasteiger partial charge in [-0.25, -0.2) is 9.97 Å². The minimum absolute atomic E-state index is 0.728. The van der Waals surface area contributed by atoms with E-state index in [1.165, 1.54) is 31.3 Å². The molecule has 0 aliphatic heterocycles. The first-order chi connectivity index (χ1) is 18.3. The van der Waals surface area contributed by atoms with Gasteiger partial charge in [0.1, 0.15) is 0 Å². The second-order valence-corrected chi connectivity index (χ2v) is 10.2. The molecule has 0 saturated carbocycles. The van der Waals surface area contributed by atoms with Crippen LogP contribution in [-0.4, -0.2) is 9.97 Å². The number of rotatable bonds is 4. The minimum Gasteiger partial charge on any atom is -0.228 e. The number of benzene rings is 5. The summed E-state index contributed by atoms with van der Waals surface area (Å²) >= 11 is 1.85. The zero-order chi connectivity index (χ0) is 24.6. The van der Waals surface area contributed by atoms with Crippen LogP contribution in [0.15, 0.2) is 133 Å². The molecule has 5 aromatic carbocycles. The molecule has 0 atom stereocenters. The van der Waals surface area contributed by atoms with Gasteiger partial charge in [-0.2, -0.15) is 0 Å². The van der Waals surface area contributed by atoms with Crippen LogP contribution >= 0.6 is 11.3 Å². The van der Waals surface area contributed by atoms with Gasteiger partial charge in [-0.3, -0.25) is 0 Å². The molecule has 3 heteroatoms. The van der Waals surface area contributed by atoms with Crippen LogP contribution in [0.5, 0.6) is 0 Å². The topological polar surface area (TPSA) is 25.8 Å². The van der Waals surface area contributed by atoms with Gasteiger partial charge in [-0.15, -0.1) is 11.3 Å². The molecule has 0 spiro atoms. The zero-order valence-corrected chi connectivity index (χ0v) is 20.8. The summed E-state index contributed by atoms with van der Waals surface area (Å²) in [6.45, 7) is 0. The maximum absolute atomic E-state index is 4.96. The van der Waals surface area contributed by atoms with Crippen LogP contribution in [0, 0.1) is 0 Å². The summed E-state index contributed by atoms with van der Waals surface area (Å²) in [5, 5.41) is 2.63. The molecule has 0 radical (unpaired) electrons. The van der Waals surface area contributed by atoms with Gasteiger partial charge >= 0.3 is 0 Å². The first-order valence-electron chi connectivity index (χ1n) is 12.3. The molecular weight excluding hydrogens is 468 g/mol. The maximum Gasteiger partial charge on any atom is 0.160 e. The Morgan fingerprint density at radius 1 is 0.378 bits per heavy atom. The first-order valence-corrected chi connectivity index (χ1v) is 13.2. The predicted octanol–water partition coefficient (Wildman–Crippen LogP) is 9.51. The molecule has 0 saturated heterocycles. The Balaban J connectivity index is 1.30. The third-order valence-corrected chi connectivity index (χ3v) is 7.87. The maximum atomic E-state index is 4.96. The largest absolute Gasteiger partial charge is 0.228 e. The Labute approximate surface area is 219 Å². The smallest absolute Gasteiger partial charge is 0.160 e. The lowest BCUT2D eigenvalue weighted by Gasteiger charge is -2.10. The molecule has 0 amide bonds. The van der Waals surface area contributed by atoms with Crippen molar-refractivity contribution in [3.63, 3.8) is 0 Å². The lowest BCUT2D eigenvalue weighted by molar-refractivity contribution is 1.18. The van der Waals surface area contributed by atoms with Crippen molar-refractivity contribution >= 4 is 31.5 Å². The van der Waals surface area contributed by atoms with Gasteiger partial charge in [0.25, 0.3) is 0 Å². The van der Waals surface area contributed by atoms with E-state index >= 15 is 0 Å². The highest BCUT2D eigenvalue weighted by Gasteiger charge is 2.11. The van der Waals surface area contributed by atoms with E-state index in [0.29, 0.717) is 0 Å². The van der Waals surface area contributed by atoms with Crippen LogP contribution in [-0.2, 0) is 0 Å². The van der Waals surface area contributed by atoms with Gasteiger partial charge < -0.3 is 0 Å². The van der Waals surface area contributed by atoms with Crippen LogP contribution in [0.1, 0.15) is 0 Å². The monoisotopic (exact) mass is 490 g/mol. The van der Waals surface area contributed by atoms with E-state index in [1.54, 1.807) is 0 Å². The Bertz CT molecular complexity index is 1800. The molecule has 0 aliphatic rings. The van der Waals surface area contributed by atoms with Crippen molar-refractivity contribution in [2.24, 2.45) is 0 Å². The molecule has 7 rings (SSSR count). The van der Waals surface area contributed by atoms with E-state index in [9.17, 15) is 0 Å². The molecule has 0 bridgehead atoms. The molecule has 0 aliphatic carbocycles. The minimum atomic E-state index is 0.728. The Kier molecular flexibility index (Phi) is 5.34. The van der Waals surface area contributed by atoms with Gasteiger partial charge in [0, 0.05) is 36.9 Å². The van der Waals surface area contributed by atoms with E-state index in [0.717, 1.165) is 33.9 Å². The molecular formula is C34H22N2S. The quantitative estimate of drug-likeness (QED) is 0.245.